The fraction of sp³-hybridized carbons (Fsp3) is 0.632. The van der Waals surface area contributed by atoms with E-state index in [1.165, 1.54) is 0 Å². The van der Waals surface area contributed by atoms with E-state index in [1.807, 2.05) is 25.1 Å². The first-order chi connectivity index (χ1) is 12.8. The molecule has 5 nitrogen and oxygen atoms in total. The molecule has 1 fully saturated rings. The van der Waals surface area contributed by atoms with E-state index in [2.05, 4.69) is 15.6 Å². The third kappa shape index (κ3) is 7.92. The number of benzene rings is 1. The van der Waals surface area contributed by atoms with Crippen LogP contribution in [0.1, 0.15) is 32.6 Å². The second kappa shape index (κ2) is 11.6. The minimum atomic E-state index is -4.13. The predicted octanol–water partition coefficient (Wildman–Crippen LogP) is 4.37. The summed E-state index contributed by atoms with van der Waals surface area (Å²) in [5.74, 6) is 0.648. The summed E-state index contributed by atoms with van der Waals surface area (Å²) in [6.45, 7) is 2.37. The minimum absolute atomic E-state index is 0. The molecule has 0 radical (unpaired) electrons. The normalized spacial score (nSPS) is 21.3. The monoisotopic (exact) mass is 515 g/mol. The third-order valence-electron chi connectivity index (χ3n) is 4.64. The molecule has 28 heavy (non-hydrogen) atoms. The molecule has 3 unspecified atom stereocenters. The highest BCUT2D eigenvalue weighted by atomic mass is 127. The smallest absolute Gasteiger partial charge is 0.391 e. The Morgan fingerprint density at radius 2 is 2.00 bits per heavy atom. The van der Waals surface area contributed by atoms with Crippen molar-refractivity contribution in [3.63, 3.8) is 0 Å². The summed E-state index contributed by atoms with van der Waals surface area (Å²) in [5, 5.41) is 6.23. The molecule has 0 saturated heterocycles. The van der Waals surface area contributed by atoms with Crippen molar-refractivity contribution in [2.45, 2.75) is 50.9 Å². The van der Waals surface area contributed by atoms with E-state index in [4.69, 9.17) is 9.47 Å². The molecule has 0 amide bonds. The molecule has 0 aromatic heterocycles. The summed E-state index contributed by atoms with van der Waals surface area (Å²) >= 11 is 0. The predicted molar refractivity (Wildman–Crippen MR) is 115 cm³/mol. The summed E-state index contributed by atoms with van der Waals surface area (Å²) in [6.07, 6.45) is -2.72. The minimum Gasteiger partial charge on any atom is -0.497 e. The lowest BCUT2D eigenvalue weighted by Crippen LogP contribution is -2.48. The van der Waals surface area contributed by atoms with Gasteiger partial charge in [-0.2, -0.15) is 13.2 Å². The van der Waals surface area contributed by atoms with E-state index in [1.54, 1.807) is 20.2 Å². The number of aliphatic imine (C=N–C) groups is 1. The van der Waals surface area contributed by atoms with Gasteiger partial charge in [-0.15, -0.1) is 24.0 Å². The van der Waals surface area contributed by atoms with Gasteiger partial charge in [0.15, 0.2) is 5.96 Å². The van der Waals surface area contributed by atoms with Gasteiger partial charge in [0.1, 0.15) is 17.6 Å². The molecule has 1 saturated carbocycles. The van der Waals surface area contributed by atoms with Crippen molar-refractivity contribution in [1.82, 2.24) is 10.6 Å². The SMILES string of the molecule is CN=C(NCC(C)Oc1cccc(OC)c1)NC1CCCC(C(F)(F)F)C1.I. The van der Waals surface area contributed by atoms with E-state index in [0.29, 0.717) is 36.8 Å². The first kappa shape index (κ1) is 24.6. The second-order valence-electron chi connectivity index (χ2n) is 6.81. The molecule has 0 heterocycles. The average Bonchev–Trinajstić information content (AvgIpc) is 2.64. The standard InChI is InChI=1S/C19H28F3N3O2.HI/c1-13(27-17-9-5-8-16(11-17)26-3)12-24-18(23-2)25-15-7-4-6-14(10-15)19(20,21)22;/h5,8-9,11,13-15H,4,6-7,10,12H2,1-3H3,(H2,23,24,25);1H. The fourth-order valence-electron chi connectivity index (χ4n) is 3.20. The maximum atomic E-state index is 12.9. The zero-order valence-electron chi connectivity index (χ0n) is 16.4. The molecule has 0 aliphatic heterocycles. The lowest BCUT2D eigenvalue weighted by molar-refractivity contribution is -0.183. The quantitative estimate of drug-likeness (QED) is 0.336. The van der Waals surface area contributed by atoms with Crippen LogP contribution in [-0.2, 0) is 0 Å². The van der Waals surface area contributed by atoms with Gasteiger partial charge in [-0.25, -0.2) is 0 Å². The van der Waals surface area contributed by atoms with Crippen LogP contribution >= 0.6 is 24.0 Å². The summed E-state index contributed by atoms with van der Waals surface area (Å²) in [7, 11) is 3.20. The fourth-order valence-corrected chi connectivity index (χ4v) is 3.20. The molecular weight excluding hydrogens is 486 g/mol. The summed E-state index contributed by atoms with van der Waals surface area (Å²) in [5.41, 5.74) is 0. The number of methoxy groups -OCH3 is 1. The Kier molecular flexibility index (Phi) is 10.2. The van der Waals surface area contributed by atoms with E-state index in [-0.39, 0.29) is 49.0 Å². The van der Waals surface area contributed by atoms with Gasteiger partial charge in [0.05, 0.1) is 19.6 Å². The van der Waals surface area contributed by atoms with Gasteiger partial charge >= 0.3 is 6.18 Å². The number of halogens is 4. The van der Waals surface area contributed by atoms with E-state index >= 15 is 0 Å². The van der Waals surface area contributed by atoms with Crippen LogP contribution < -0.4 is 20.1 Å². The molecule has 0 bridgehead atoms. The molecule has 2 rings (SSSR count). The van der Waals surface area contributed by atoms with Crippen LogP contribution in [0, 0.1) is 5.92 Å². The second-order valence-corrected chi connectivity index (χ2v) is 6.81. The zero-order valence-corrected chi connectivity index (χ0v) is 18.7. The van der Waals surface area contributed by atoms with Gasteiger partial charge in [-0.3, -0.25) is 4.99 Å². The molecule has 160 valence electrons. The lowest BCUT2D eigenvalue weighted by atomic mass is 9.85. The molecule has 1 aromatic rings. The van der Waals surface area contributed by atoms with Gasteiger partial charge in [-0.1, -0.05) is 12.5 Å². The molecule has 3 atom stereocenters. The van der Waals surface area contributed by atoms with Crippen LogP contribution in [-0.4, -0.2) is 45.0 Å². The number of nitrogens with zero attached hydrogens (tertiary/aromatic N) is 1. The molecule has 1 aliphatic carbocycles. The van der Waals surface area contributed by atoms with Gasteiger partial charge in [-0.05, 0) is 38.3 Å². The maximum absolute atomic E-state index is 12.9. The van der Waals surface area contributed by atoms with E-state index < -0.39 is 12.1 Å². The van der Waals surface area contributed by atoms with Crippen LogP contribution in [0.2, 0.25) is 0 Å². The van der Waals surface area contributed by atoms with Gasteiger partial charge in [0.25, 0.3) is 0 Å². The Hall–Kier alpha value is -1.39. The highest BCUT2D eigenvalue weighted by Crippen LogP contribution is 2.37. The first-order valence-electron chi connectivity index (χ1n) is 9.16. The lowest BCUT2D eigenvalue weighted by Gasteiger charge is -2.32. The van der Waals surface area contributed by atoms with Crippen LogP contribution in [0.4, 0.5) is 13.2 Å². The largest absolute Gasteiger partial charge is 0.497 e. The van der Waals surface area contributed by atoms with Crippen LogP contribution in [0.25, 0.3) is 0 Å². The Bertz CT molecular complexity index is 629. The van der Waals surface area contributed by atoms with Crippen LogP contribution in [0.5, 0.6) is 11.5 Å². The first-order valence-corrected chi connectivity index (χ1v) is 9.16. The number of hydrogen-bond acceptors (Lipinski definition) is 3. The Balaban J connectivity index is 0.00000392. The Morgan fingerprint density at radius 3 is 2.64 bits per heavy atom. The molecular formula is C19H29F3IN3O2. The summed E-state index contributed by atoms with van der Waals surface area (Å²) in [4.78, 5) is 4.11. The van der Waals surface area contributed by atoms with Crippen molar-refractivity contribution in [3.8, 4) is 11.5 Å². The van der Waals surface area contributed by atoms with Gasteiger partial charge in [0, 0.05) is 19.2 Å². The third-order valence-corrected chi connectivity index (χ3v) is 4.64. The average molecular weight is 515 g/mol. The number of rotatable bonds is 6. The van der Waals surface area contributed by atoms with Gasteiger partial charge in [0.2, 0.25) is 0 Å². The van der Waals surface area contributed by atoms with E-state index in [9.17, 15) is 13.2 Å². The summed E-state index contributed by atoms with van der Waals surface area (Å²) < 4.78 is 49.8. The number of ether oxygens (including phenoxy) is 2. The highest BCUT2D eigenvalue weighted by Gasteiger charge is 2.42. The number of alkyl halides is 3. The van der Waals surface area contributed by atoms with E-state index in [0.717, 1.165) is 0 Å². The zero-order chi connectivity index (χ0) is 19.9. The number of nitrogens with one attached hydrogen (secondary N) is 2. The van der Waals surface area contributed by atoms with Crippen molar-refractivity contribution in [3.05, 3.63) is 24.3 Å². The van der Waals surface area contributed by atoms with Crippen molar-refractivity contribution >= 4 is 29.9 Å². The summed E-state index contributed by atoms with van der Waals surface area (Å²) in [6, 6.07) is 7.08. The molecule has 2 N–H and O–H groups in total. The molecule has 1 aliphatic rings. The number of guanidine groups is 1. The van der Waals surface area contributed by atoms with Crippen LogP contribution in [0.15, 0.2) is 29.3 Å². The van der Waals surface area contributed by atoms with Crippen LogP contribution in [0.3, 0.4) is 0 Å². The molecule has 9 heteroatoms. The van der Waals surface area contributed by atoms with Gasteiger partial charge < -0.3 is 20.1 Å². The maximum Gasteiger partial charge on any atom is 0.391 e. The molecule has 0 spiro atoms. The van der Waals surface area contributed by atoms with Crippen molar-refractivity contribution in [2.24, 2.45) is 10.9 Å². The van der Waals surface area contributed by atoms with Crippen molar-refractivity contribution < 1.29 is 22.6 Å². The number of hydrogen-bond donors (Lipinski definition) is 2. The topological polar surface area (TPSA) is 54.9 Å². The Morgan fingerprint density at radius 1 is 1.29 bits per heavy atom. The molecule has 1 aromatic carbocycles. The van der Waals surface area contributed by atoms with Crippen molar-refractivity contribution in [2.75, 3.05) is 20.7 Å². The van der Waals surface area contributed by atoms with Crippen molar-refractivity contribution in [1.29, 1.82) is 0 Å². The highest BCUT2D eigenvalue weighted by molar-refractivity contribution is 14.0. The Labute approximate surface area is 181 Å².